The molecule has 0 saturated carbocycles. The topological polar surface area (TPSA) is 75.2 Å². The van der Waals surface area contributed by atoms with Gasteiger partial charge < -0.3 is 15.4 Å². The standard InChI is InChI=1S/C13H22N4O/c1-4-17(5-2)6-7-18-12-9-11(13(14)15)8-10(3)16-12/h8-9H,4-7H2,1-3H3,(H3,14,15). The monoisotopic (exact) mass is 250 g/mol. The molecule has 0 unspecified atom stereocenters. The Balaban J connectivity index is 2.59. The van der Waals surface area contributed by atoms with Gasteiger partial charge in [-0.3, -0.25) is 5.41 Å². The van der Waals surface area contributed by atoms with Gasteiger partial charge in [0.1, 0.15) is 12.4 Å². The van der Waals surface area contributed by atoms with Crippen molar-refractivity contribution in [2.45, 2.75) is 20.8 Å². The Morgan fingerprint density at radius 3 is 2.61 bits per heavy atom. The fraction of sp³-hybridized carbons (Fsp3) is 0.538. The van der Waals surface area contributed by atoms with Gasteiger partial charge in [-0.2, -0.15) is 0 Å². The van der Waals surface area contributed by atoms with E-state index in [9.17, 15) is 0 Å². The summed E-state index contributed by atoms with van der Waals surface area (Å²) in [5, 5.41) is 7.42. The second kappa shape index (κ2) is 6.96. The lowest BCUT2D eigenvalue weighted by molar-refractivity contribution is 0.217. The average Bonchev–Trinajstić information content (AvgIpc) is 2.34. The third kappa shape index (κ3) is 4.33. The second-order valence-corrected chi connectivity index (χ2v) is 4.12. The van der Waals surface area contributed by atoms with Crippen LogP contribution in [0.25, 0.3) is 0 Å². The maximum absolute atomic E-state index is 7.42. The molecule has 0 spiro atoms. The molecule has 3 N–H and O–H groups in total. The normalized spacial score (nSPS) is 10.7. The number of ether oxygens (including phenoxy) is 1. The number of likely N-dealkylation sites (N-methyl/N-ethyl adjacent to an activating group) is 1. The first kappa shape index (κ1) is 14.4. The van der Waals surface area contributed by atoms with Crippen molar-refractivity contribution in [3.05, 3.63) is 23.4 Å². The lowest BCUT2D eigenvalue weighted by atomic mass is 10.2. The highest BCUT2D eigenvalue weighted by molar-refractivity contribution is 5.95. The van der Waals surface area contributed by atoms with Crippen LogP contribution in [0.2, 0.25) is 0 Å². The van der Waals surface area contributed by atoms with Gasteiger partial charge in [-0.25, -0.2) is 4.98 Å². The molecule has 1 heterocycles. The Hall–Kier alpha value is -1.62. The van der Waals surface area contributed by atoms with E-state index in [-0.39, 0.29) is 5.84 Å². The van der Waals surface area contributed by atoms with E-state index < -0.39 is 0 Å². The molecular weight excluding hydrogens is 228 g/mol. The van der Waals surface area contributed by atoms with Gasteiger partial charge in [-0.05, 0) is 26.1 Å². The van der Waals surface area contributed by atoms with Crippen molar-refractivity contribution in [2.75, 3.05) is 26.2 Å². The van der Waals surface area contributed by atoms with Crippen LogP contribution in [0, 0.1) is 12.3 Å². The summed E-state index contributed by atoms with van der Waals surface area (Å²) >= 11 is 0. The maximum atomic E-state index is 7.42. The van der Waals surface area contributed by atoms with Crippen molar-refractivity contribution in [3.63, 3.8) is 0 Å². The summed E-state index contributed by atoms with van der Waals surface area (Å²) < 4.78 is 5.61. The van der Waals surface area contributed by atoms with Crippen LogP contribution in [0.3, 0.4) is 0 Å². The molecule has 0 radical (unpaired) electrons. The molecule has 100 valence electrons. The number of nitrogens with two attached hydrogens (primary N) is 1. The lowest BCUT2D eigenvalue weighted by Crippen LogP contribution is -2.28. The van der Waals surface area contributed by atoms with E-state index in [1.807, 2.05) is 6.92 Å². The molecule has 1 rings (SSSR count). The number of nitrogen functional groups attached to an aromatic ring is 1. The molecular formula is C13H22N4O. The van der Waals surface area contributed by atoms with Crippen LogP contribution >= 0.6 is 0 Å². The Kier molecular flexibility index (Phi) is 5.58. The summed E-state index contributed by atoms with van der Waals surface area (Å²) in [5.41, 5.74) is 6.92. The zero-order valence-corrected chi connectivity index (χ0v) is 11.4. The number of aromatic nitrogens is 1. The maximum Gasteiger partial charge on any atom is 0.214 e. The molecule has 5 nitrogen and oxygen atoms in total. The van der Waals surface area contributed by atoms with Crippen LogP contribution in [-0.4, -0.2) is 42.0 Å². The third-order valence-corrected chi connectivity index (χ3v) is 2.79. The smallest absolute Gasteiger partial charge is 0.214 e. The second-order valence-electron chi connectivity index (χ2n) is 4.12. The van der Waals surface area contributed by atoms with Crippen molar-refractivity contribution < 1.29 is 4.74 Å². The van der Waals surface area contributed by atoms with Gasteiger partial charge in [0.25, 0.3) is 0 Å². The summed E-state index contributed by atoms with van der Waals surface area (Å²) in [5.74, 6) is 0.571. The molecule has 5 heteroatoms. The molecule has 0 bridgehead atoms. The molecule has 0 aliphatic heterocycles. The first-order valence-corrected chi connectivity index (χ1v) is 6.25. The van der Waals surface area contributed by atoms with Gasteiger partial charge in [0.05, 0.1) is 0 Å². The minimum absolute atomic E-state index is 0.0362. The van der Waals surface area contributed by atoms with Crippen LogP contribution in [0.15, 0.2) is 12.1 Å². The zero-order valence-electron chi connectivity index (χ0n) is 11.4. The first-order valence-electron chi connectivity index (χ1n) is 6.25. The summed E-state index contributed by atoms with van der Waals surface area (Å²) in [6.07, 6.45) is 0. The minimum atomic E-state index is 0.0362. The minimum Gasteiger partial charge on any atom is -0.476 e. The molecule has 0 aliphatic rings. The van der Waals surface area contributed by atoms with Gasteiger partial charge in [-0.15, -0.1) is 0 Å². The van der Waals surface area contributed by atoms with E-state index in [2.05, 4.69) is 23.7 Å². The number of rotatable bonds is 7. The predicted molar refractivity (Wildman–Crippen MR) is 73.3 cm³/mol. The number of pyridine rings is 1. The van der Waals surface area contributed by atoms with Crippen LogP contribution in [0.4, 0.5) is 0 Å². The molecule has 1 aromatic heterocycles. The van der Waals surface area contributed by atoms with E-state index in [0.717, 1.165) is 25.3 Å². The fourth-order valence-electron chi connectivity index (χ4n) is 1.69. The van der Waals surface area contributed by atoms with Crippen LogP contribution in [0.5, 0.6) is 5.88 Å². The zero-order chi connectivity index (χ0) is 13.5. The molecule has 18 heavy (non-hydrogen) atoms. The SMILES string of the molecule is CCN(CC)CCOc1cc(C(=N)N)cc(C)n1. The van der Waals surface area contributed by atoms with Crippen LogP contribution in [-0.2, 0) is 0 Å². The van der Waals surface area contributed by atoms with Gasteiger partial charge >= 0.3 is 0 Å². The van der Waals surface area contributed by atoms with Gasteiger partial charge in [0.15, 0.2) is 0 Å². The number of hydrogen-bond acceptors (Lipinski definition) is 4. The number of hydrogen-bond donors (Lipinski definition) is 2. The van der Waals surface area contributed by atoms with E-state index in [4.69, 9.17) is 15.9 Å². The molecule has 0 fully saturated rings. The quantitative estimate of drug-likeness (QED) is 0.566. The highest BCUT2D eigenvalue weighted by Crippen LogP contribution is 2.11. The molecule has 1 aromatic rings. The molecule has 0 saturated heterocycles. The van der Waals surface area contributed by atoms with Crippen LogP contribution in [0.1, 0.15) is 25.1 Å². The van der Waals surface area contributed by atoms with E-state index in [1.165, 1.54) is 0 Å². The van der Waals surface area contributed by atoms with Gasteiger partial charge in [-0.1, -0.05) is 13.8 Å². The number of aryl methyl sites for hydroxylation is 1. The van der Waals surface area contributed by atoms with Gasteiger partial charge in [0.2, 0.25) is 5.88 Å². The Morgan fingerprint density at radius 1 is 1.39 bits per heavy atom. The number of nitrogens with zero attached hydrogens (tertiary/aromatic N) is 2. The van der Waals surface area contributed by atoms with Crippen molar-refractivity contribution in [1.82, 2.24) is 9.88 Å². The van der Waals surface area contributed by atoms with Crippen molar-refractivity contribution >= 4 is 5.84 Å². The van der Waals surface area contributed by atoms with E-state index >= 15 is 0 Å². The average molecular weight is 250 g/mol. The Labute approximate surface area is 108 Å². The Morgan fingerprint density at radius 2 is 2.06 bits per heavy atom. The first-order chi connectivity index (χ1) is 8.56. The predicted octanol–water partition coefficient (Wildman–Crippen LogP) is 1.39. The summed E-state index contributed by atoms with van der Waals surface area (Å²) in [7, 11) is 0. The van der Waals surface area contributed by atoms with Crippen molar-refractivity contribution in [3.8, 4) is 5.88 Å². The summed E-state index contributed by atoms with van der Waals surface area (Å²) in [4.78, 5) is 6.55. The Bertz CT molecular complexity index is 402. The van der Waals surface area contributed by atoms with Crippen LogP contribution < -0.4 is 10.5 Å². The number of amidine groups is 1. The molecule has 0 aliphatic carbocycles. The number of nitrogens with one attached hydrogen (secondary N) is 1. The van der Waals surface area contributed by atoms with Crippen molar-refractivity contribution in [1.29, 1.82) is 5.41 Å². The third-order valence-electron chi connectivity index (χ3n) is 2.79. The highest BCUT2D eigenvalue weighted by Gasteiger charge is 2.04. The molecule has 0 aromatic carbocycles. The highest BCUT2D eigenvalue weighted by atomic mass is 16.5. The van der Waals surface area contributed by atoms with E-state index in [1.54, 1.807) is 12.1 Å². The summed E-state index contributed by atoms with van der Waals surface area (Å²) in [6, 6.07) is 3.48. The van der Waals surface area contributed by atoms with E-state index in [0.29, 0.717) is 18.1 Å². The van der Waals surface area contributed by atoms with Gasteiger partial charge in [0, 0.05) is 23.9 Å². The lowest BCUT2D eigenvalue weighted by Gasteiger charge is -2.17. The molecule has 0 atom stereocenters. The molecule has 0 amide bonds. The largest absolute Gasteiger partial charge is 0.476 e. The van der Waals surface area contributed by atoms with Crippen molar-refractivity contribution in [2.24, 2.45) is 5.73 Å². The fourth-order valence-corrected chi connectivity index (χ4v) is 1.69. The summed E-state index contributed by atoms with van der Waals surface area (Å²) in [6.45, 7) is 9.61.